The summed E-state index contributed by atoms with van der Waals surface area (Å²) in [5.41, 5.74) is 1.28. The third kappa shape index (κ3) is 2.65. The average Bonchev–Trinajstić information content (AvgIpc) is 2.88. The molecule has 2 N–H and O–H groups in total. The summed E-state index contributed by atoms with van der Waals surface area (Å²) in [4.78, 5) is 0. The molecule has 0 saturated heterocycles. The van der Waals surface area contributed by atoms with Gasteiger partial charge < -0.3 is 10.4 Å². The smallest absolute Gasteiger partial charge is 0.0636 e. The molecule has 1 aromatic carbocycles. The van der Waals surface area contributed by atoms with E-state index in [1.54, 1.807) is 6.92 Å². The molecule has 0 aliphatic heterocycles. The maximum absolute atomic E-state index is 9.34. The second-order valence-electron chi connectivity index (χ2n) is 4.30. The van der Waals surface area contributed by atoms with Gasteiger partial charge in [-0.15, -0.1) is 0 Å². The molecular weight excluding hydrogens is 198 g/mol. The summed E-state index contributed by atoms with van der Waals surface area (Å²) >= 11 is 0. The van der Waals surface area contributed by atoms with Gasteiger partial charge in [-0.25, -0.2) is 6.07 Å². The molecule has 16 heavy (non-hydrogen) atoms. The normalized spacial score (nSPS) is 19.1. The highest BCUT2D eigenvalue weighted by atomic mass is 16.3. The molecule has 0 radical (unpaired) electrons. The first kappa shape index (κ1) is 11.2. The number of allylic oxidation sites excluding steroid dienone is 2. The molecule has 1 aliphatic carbocycles. The molecule has 2 heteroatoms. The Kier molecular flexibility index (Phi) is 3.65. The zero-order chi connectivity index (χ0) is 11.4. The summed E-state index contributed by atoms with van der Waals surface area (Å²) < 4.78 is 0. The van der Waals surface area contributed by atoms with Gasteiger partial charge in [0.1, 0.15) is 0 Å². The van der Waals surface area contributed by atoms with Crippen molar-refractivity contribution in [2.24, 2.45) is 5.92 Å². The number of rotatable bonds is 5. The molecule has 0 spiro atoms. The van der Waals surface area contributed by atoms with Gasteiger partial charge in [0, 0.05) is 12.5 Å². The fraction of sp³-hybridized carbons (Fsp3) is 0.357. The Hall–Kier alpha value is -1.25. The molecule has 2 unspecified atom stereocenters. The van der Waals surface area contributed by atoms with Crippen molar-refractivity contribution in [1.82, 2.24) is 5.32 Å². The van der Waals surface area contributed by atoms with Gasteiger partial charge in [0.25, 0.3) is 0 Å². The zero-order valence-electron chi connectivity index (χ0n) is 9.51. The van der Waals surface area contributed by atoms with Crippen molar-refractivity contribution in [3.05, 3.63) is 54.1 Å². The Labute approximate surface area is 96.7 Å². The Bertz CT molecular complexity index is 350. The van der Waals surface area contributed by atoms with E-state index in [4.69, 9.17) is 0 Å². The minimum atomic E-state index is -0.313. The van der Waals surface area contributed by atoms with Gasteiger partial charge in [-0.1, -0.05) is 24.3 Å². The Balaban J connectivity index is 2.07. The SMILES string of the molecule is CC(O)CNC(c1cc[cH-]c1)C1C=CC=C1. The predicted molar refractivity (Wildman–Crippen MR) is 66.2 cm³/mol. The third-order valence-corrected chi connectivity index (χ3v) is 2.84. The lowest BCUT2D eigenvalue weighted by atomic mass is 9.96. The van der Waals surface area contributed by atoms with Crippen LogP contribution in [0.5, 0.6) is 0 Å². The van der Waals surface area contributed by atoms with Crippen LogP contribution in [0, 0.1) is 5.92 Å². The first-order valence-electron chi connectivity index (χ1n) is 5.75. The highest BCUT2D eigenvalue weighted by molar-refractivity contribution is 5.28. The minimum Gasteiger partial charge on any atom is -0.392 e. The molecule has 1 aliphatic rings. The summed E-state index contributed by atoms with van der Waals surface area (Å²) in [6.07, 6.45) is 8.21. The maximum Gasteiger partial charge on any atom is 0.0636 e. The van der Waals surface area contributed by atoms with Crippen molar-refractivity contribution >= 4 is 0 Å². The van der Waals surface area contributed by atoms with E-state index in [2.05, 4.69) is 53.9 Å². The largest absolute Gasteiger partial charge is 0.392 e. The number of nitrogens with one attached hydrogen (secondary N) is 1. The zero-order valence-corrected chi connectivity index (χ0v) is 9.51. The molecule has 0 fully saturated rings. The van der Waals surface area contributed by atoms with E-state index in [9.17, 15) is 5.11 Å². The summed E-state index contributed by atoms with van der Waals surface area (Å²) in [6, 6.07) is 8.61. The summed E-state index contributed by atoms with van der Waals surface area (Å²) in [5, 5.41) is 12.8. The lowest BCUT2D eigenvalue weighted by molar-refractivity contribution is 0.184. The van der Waals surface area contributed by atoms with Crippen LogP contribution in [0.2, 0.25) is 0 Å². The van der Waals surface area contributed by atoms with Gasteiger partial charge in [-0.3, -0.25) is 0 Å². The van der Waals surface area contributed by atoms with E-state index in [1.165, 1.54) is 5.56 Å². The summed E-state index contributed by atoms with van der Waals surface area (Å²) in [7, 11) is 0. The molecule has 0 heterocycles. The molecule has 2 rings (SSSR count). The number of aliphatic hydroxyl groups excluding tert-OH is 1. The van der Waals surface area contributed by atoms with Crippen LogP contribution < -0.4 is 5.32 Å². The highest BCUT2D eigenvalue weighted by Crippen LogP contribution is 2.27. The van der Waals surface area contributed by atoms with Gasteiger partial charge in [0.05, 0.1) is 6.10 Å². The van der Waals surface area contributed by atoms with Gasteiger partial charge >= 0.3 is 0 Å². The predicted octanol–water partition coefficient (Wildman–Crippen LogP) is 2.16. The van der Waals surface area contributed by atoms with Crippen LogP contribution >= 0.6 is 0 Å². The fourth-order valence-electron chi connectivity index (χ4n) is 2.04. The van der Waals surface area contributed by atoms with Crippen LogP contribution in [-0.4, -0.2) is 17.8 Å². The van der Waals surface area contributed by atoms with E-state index < -0.39 is 0 Å². The molecule has 0 aromatic heterocycles. The number of hydrogen-bond donors (Lipinski definition) is 2. The Morgan fingerprint density at radius 1 is 1.44 bits per heavy atom. The number of hydrogen-bond acceptors (Lipinski definition) is 2. The van der Waals surface area contributed by atoms with Crippen LogP contribution in [-0.2, 0) is 0 Å². The molecule has 0 amide bonds. The molecule has 0 bridgehead atoms. The van der Waals surface area contributed by atoms with Gasteiger partial charge in [-0.05, 0) is 13.0 Å². The van der Waals surface area contributed by atoms with E-state index in [0.717, 1.165) is 0 Å². The molecule has 1 aromatic rings. The third-order valence-electron chi connectivity index (χ3n) is 2.84. The van der Waals surface area contributed by atoms with E-state index in [0.29, 0.717) is 12.5 Å². The van der Waals surface area contributed by atoms with Crippen LogP contribution in [0.15, 0.2) is 48.6 Å². The second kappa shape index (κ2) is 5.19. The summed E-state index contributed by atoms with van der Waals surface area (Å²) in [5.74, 6) is 0.390. The lowest BCUT2D eigenvalue weighted by Crippen LogP contribution is -2.31. The molecule has 0 saturated carbocycles. The van der Waals surface area contributed by atoms with Crippen molar-refractivity contribution in [2.45, 2.75) is 19.1 Å². The fourth-order valence-corrected chi connectivity index (χ4v) is 2.04. The summed E-state index contributed by atoms with van der Waals surface area (Å²) in [6.45, 7) is 2.42. The van der Waals surface area contributed by atoms with E-state index in [1.807, 2.05) is 0 Å². The van der Waals surface area contributed by atoms with Crippen molar-refractivity contribution in [3.63, 3.8) is 0 Å². The first-order valence-corrected chi connectivity index (χ1v) is 5.75. The van der Waals surface area contributed by atoms with Crippen molar-refractivity contribution in [2.75, 3.05) is 6.54 Å². The van der Waals surface area contributed by atoms with Gasteiger partial charge in [-0.2, -0.15) is 23.8 Å². The molecular formula is C14H18NO-. The maximum atomic E-state index is 9.34. The Morgan fingerprint density at radius 2 is 2.19 bits per heavy atom. The average molecular weight is 216 g/mol. The van der Waals surface area contributed by atoms with Crippen LogP contribution in [0.3, 0.4) is 0 Å². The van der Waals surface area contributed by atoms with Gasteiger partial charge in [0.2, 0.25) is 0 Å². The quantitative estimate of drug-likeness (QED) is 0.739. The topological polar surface area (TPSA) is 32.3 Å². The van der Waals surface area contributed by atoms with Crippen molar-refractivity contribution < 1.29 is 5.11 Å². The van der Waals surface area contributed by atoms with Crippen molar-refractivity contribution in [3.8, 4) is 0 Å². The molecule has 2 nitrogen and oxygen atoms in total. The monoisotopic (exact) mass is 216 g/mol. The van der Waals surface area contributed by atoms with E-state index >= 15 is 0 Å². The van der Waals surface area contributed by atoms with Gasteiger partial charge in [0.15, 0.2) is 0 Å². The lowest BCUT2D eigenvalue weighted by Gasteiger charge is -2.27. The molecule has 86 valence electrons. The molecule has 2 atom stereocenters. The standard InChI is InChI=1S/C14H18NO/c1-11(16)10-15-14(12-6-2-3-7-12)13-8-4-5-9-13/h2-9,11-12,14-16H,10H2,1H3/q-1. The number of aliphatic hydroxyl groups is 1. The van der Waals surface area contributed by atoms with Crippen LogP contribution in [0.1, 0.15) is 18.5 Å². The van der Waals surface area contributed by atoms with E-state index in [-0.39, 0.29) is 12.1 Å². The Morgan fingerprint density at radius 3 is 2.75 bits per heavy atom. The van der Waals surface area contributed by atoms with Crippen molar-refractivity contribution in [1.29, 1.82) is 0 Å². The minimum absolute atomic E-state index is 0.264. The highest BCUT2D eigenvalue weighted by Gasteiger charge is 2.16. The first-order chi connectivity index (χ1) is 7.77. The second-order valence-corrected chi connectivity index (χ2v) is 4.30. The van der Waals surface area contributed by atoms with Crippen LogP contribution in [0.25, 0.3) is 0 Å². The van der Waals surface area contributed by atoms with Crippen LogP contribution in [0.4, 0.5) is 0 Å².